The third kappa shape index (κ3) is 3.86. The normalized spacial score (nSPS) is 26.8. The van der Waals surface area contributed by atoms with E-state index in [1.165, 1.54) is 29.8 Å². The van der Waals surface area contributed by atoms with Crippen molar-refractivity contribution in [1.29, 1.82) is 0 Å². The number of urea groups is 1. The second-order valence-electron chi connectivity index (χ2n) is 7.09. The largest absolute Gasteiger partial charge is 0.396 e. The fraction of sp³-hybridized carbons (Fsp3) is 0.765. The molecule has 1 aromatic rings. The van der Waals surface area contributed by atoms with Gasteiger partial charge in [0.25, 0.3) is 0 Å². The van der Waals surface area contributed by atoms with Gasteiger partial charge in [-0.15, -0.1) is 11.3 Å². The van der Waals surface area contributed by atoms with Gasteiger partial charge in [0.05, 0.1) is 17.3 Å². The van der Waals surface area contributed by atoms with E-state index < -0.39 is 0 Å². The van der Waals surface area contributed by atoms with Gasteiger partial charge in [0.15, 0.2) is 0 Å². The minimum Gasteiger partial charge on any atom is -0.396 e. The molecular weight excluding hydrogens is 310 g/mol. The highest BCUT2D eigenvalue weighted by atomic mass is 32.1. The van der Waals surface area contributed by atoms with Crippen LogP contribution < -0.4 is 10.6 Å². The predicted octanol–water partition coefficient (Wildman–Crippen LogP) is 2.41. The molecule has 2 atom stereocenters. The number of hydrogen-bond acceptors (Lipinski definition) is 4. The standard InChI is InChI=1S/C17H27N3O2S/c1-17(11-21)9-4-7-14(17)20-16(22)18-10-8-15-19-12-5-2-3-6-13(12)23-15/h14,21H,2-11H2,1H3,(H2,18,20,22). The second kappa shape index (κ2) is 7.18. The van der Waals surface area contributed by atoms with Crippen LogP contribution in [0, 0.1) is 5.41 Å². The van der Waals surface area contributed by atoms with Crippen molar-refractivity contribution in [3.05, 3.63) is 15.6 Å². The van der Waals surface area contributed by atoms with Crippen LogP contribution in [0.2, 0.25) is 0 Å². The van der Waals surface area contributed by atoms with E-state index in [1.807, 2.05) is 18.3 Å². The fourth-order valence-electron chi connectivity index (χ4n) is 3.67. The van der Waals surface area contributed by atoms with E-state index in [1.54, 1.807) is 0 Å². The molecule has 128 valence electrons. The Morgan fingerprint density at radius 1 is 1.39 bits per heavy atom. The van der Waals surface area contributed by atoms with E-state index in [-0.39, 0.29) is 24.1 Å². The summed E-state index contributed by atoms with van der Waals surface area (Å²) in [6, 6.07) is -0.0578. The second-order valence-corrected chi connectivity index (χ2v) is 8.26. The molecule has 23 heavy (non-hydrogen) atoms. The highest BCUT2D eigenvalue weighted by Crippen LogP contribution is 2.37. The van der Waals surface area contributed by atoms with E-state index in [9.17, 15) is 9.90 Å². The monoisotopic (exact) mass is 337 g/mol. The molecule has 2 unspecified atom stereocenters. The first-order chi connectivity index (χ1) is 11.1. The number of hydrogen-bond donors (Lipinski definition) is 3. The molecular formula is C17H27N3O2S. The minimum atomic E-state index is -0.175. The Morgan fingerprint density at radius 3 is 3.00 bits per heavy atom. The maximum Gasteiger partial charge on any atom is 0.315 e. The minimum absolute atomic E-state index is 0.0691. The Labute approximate surface area is 141 Å². The molecule has 2 amide bonds. The van der Waals surface area contributed by atoms with Gasteiger partial charge in [-0.2, -0.15) is 0 Å². The zero-order valence-corrected chi connectivity index (χ0v) is 14.7. The van der Waals surface area contributed by atoms with Gasteiger partial charge in [0.1, 0.15) is 0 Å². The molecule has 3 rings (SSSR count). The number of aryl methyl sites for hydroxylation is 2. The molecule has 0 saturated heterocycles. The SMILES string of the molecule is CC1(CO)CCCC1NC(=O)NCCc1nc2c(s1)CCCC2. The summed E-state index contributed by atoms with van der Waals surface area (Å²) in [4.78, 5) is 18.2. The van der Waals surface area contributed by atoms with Gasteiger partial charge >= 0.3 is 6.03 Å². The Bertz CT molecular complexity index is 537. The number of rotatable bonds is 5. The summed E-state index contributed by atoms with van der Waals surface area (Å²) in [7, 11) is 0. The summed E-state index contributed by atoms with van der Waals surface area (Å²) in [5, 5.41) is 16.6. The molecule has 2 aliphatic rings. The summed E-state index contributed by atoms with van der Waals surface area (Å²) in [5.74, 6) is 0. The molecule has 0 bridgehead atoms. The predicted molar refractivity (Wildman–Crippen MR) is 91.8 cm³/mol. The van der Waals surface area contributed by atoms with Crippen molar-refractivity contribution in [2.75, 3.05) is 13.2 Å². The quantitative estimate of drug-likeness (QED) is 0.772. The number of nitrogens with zero attached hydrogens (tertiary/aromatic N) is 1. The maximum absolute atomic E-state index is 12.1. The molecule has 0 radical (unpaired) electrons. The summed E-state index contributed by atoms with van der Waals surface area (Å²) in [6.07, 6.45) is 8.59. The molecule has 1 saturated carbocycles. The van der Waals surface area contributed by atoms with Crippen LogP contribution in [0.3, 0.4) is 0 Å². The molecule has 3 N–H and O–H groups in total. The van der Waals surface area contributed by atoms with Crippen LogP contribution in [0.5, 0.6) is 0 Å². The van der Waals surface area contributed by atoms with Crippen LogP contribution in [0.4, 0.5) is 4.79 Å². The summed E-state index contributed by atoms with van der Waals surface area (Å²) >= 11 is 1.81. The number of carbonyl (C=O) groups excluding carboxylic acids is 1. The molecule has 0 aliphatic heterocycles. The molecule has 0 aromatic carbocycles. The molecule has 0 spiro atoms. The van der Waals surface area contributed by atoms with Crippen molar-refractivity contribution in [3.8, 4) is 0 Å². The van der Waals surface area contributed by atoms with E-state index in [4.69, 9.17) is 4.98 Å². The van der Waals surface area contributed by atoms with Crippen molar-refractivity contribution in [2.45, 2.75) is 64.3 Å². The number of nitrogens with one attached hydrogen (secondary N) is 2. The smallest absolute Gasteiger partial charge is 0.315 e. The zero-order valence-electron chi connectivity index (χ0n) is 13.9. The lowest BCUT2D eigenvalue weighted by Gasteiger charge is -2.30. The molecule has 6 heteroatoms. The molecule has 5 nitrogen and oxygen atoms in total. The van der Waals surface area contributed by atoms with E-state index in [0.29, 0.717) is 6.54 Å². The van der Waals surface area contributed by atoms with Gasteiger partial charge in [0.2, 0.25) is 0 Å². The lowest BCUT2D eigenvalue weighted by molar-refractivity contribution is 0.121. The van der Waals surface area contributed by atoms with Crippen LogP contribution in [0.15, 0.2) is 0 Å². The van der Waals surface area contributed by atoms with Crippen molar-refractivity contribution >= 4 is 17.4 Å². The molecule has 2 aliphatic carbocycles. The summed E-state index contributed by atoms with van der Waals surface area (Å²) in [6.45, 7) is 2.79. The van der Waals surface area contributed by atoms with E-state index in [2.05, 4.69) is 10.6 Å². The van der Waals surface area contributed by atoms with Crippen LogP contribution >= 0.6 is 11.3 Å². The first kappa shape index (κ1) is 16.7. The van der Waals surface area contributed by atoms with Gasteiger partial charge in [-0.05, 0) is 38.5 Å². The van der Waals surface area contributed by atoms with Crippen molar-refractivity contribution in [2.24, 2.45) is 5.41 Å². The Morgan fingerprint density at radius 2 is 2.22 bits per heavy atom. The number of amides is 2. The van der Waals surface area contributed by atoms with E-state index in [0.717, 1.165) is 37.1 Å². The van der Waals surface area contributed by atoms with Crippen molar-refractivity contribution in [3.63, 3.8) is 0 Å². The number of carbonyl (C=O) groups is 1. The molecule has 1 fully saturated rings. The highest BCUT2D eigenvalue weighted by Gasteiger charge is 2.39. The molecule has 1 heterocycles. The van der Waals surface area contributed by atoms with Gasteiger partial charge in [-0.3, -0.25) is 0 Å². The van der Waals surface area contributed by atoms with Crippen LogP contribution in [-0.4, -0.2) is 35.3 Å². The number of aliphatic hydroxyl groups excluding tert-OH is 1. The maximum atomic E-state index is 12.1. The van der Waals surface area contributed by atoms with Crippen LogP contribution in [0.25, 0.3) is 0 Å². The lowest BCUT2D eigenvalue weighted by Crippen LogP contribution is -2.48. The third-order valence-corrected chi connectivity index (χ3v) is 6.48. The fourth-order valence-corrected chi connectivity index (χ4v) is 4.83. The lowest BCUT2D eigenvalue weighted by atomic mass is 9.86. The van der Waals surface area contributed by atoms with E-state index >= 15 is 0 Å². The van der Waals surface area contributed by atoms with Gasteiger partial charge in [0, 0.05) is 29.3 Å². The Kier molecular flexibility index (Phi) is 5.21. The average molecular weight is 337 g/mol. The number of thiazole rings is 1. The third-order valence-electron chi connectivity index (χ3n) is 5.26. The van der Waals surface area contributed by atoms with Crippen molar-refractivity contribution < 1.29 is 9.90 Å². The molecule has 1 aromatic heterocycles. The topological polar surface area (TPSA) is 74.2 Å². The van der Waals surface area contributed by atoms with Crippen LogP contribution in [0.1, 0.15) is 54.6 Å². The first-order valence-corrected chi connectivity index (χ1v) is 9.55. The van der Waals surface area contributed by atoms with Gasteiger partial charge < -0.3 is 15.7 Å². The van der Waals surface area contributed by atoms with Gasteiger partial charge in [-0.1, -0.05) is 13.3 Å². The first-order valence-electron chi connectivity index (χ1n) is 8.73. The average Bonchev–Trinajstić information content (AvgIpc) is 3.11. The number of aromatic nitrogens is 1. The van der Waals surface area contributed by atoms with Crippen LogP contribution in [-0.2, 0) is 19.3 Å². The Balaban J connectivity index is 1.43. The number of fused-ring (bicyclic) bond motifs is 1. The zero-order chi connectivity index (χ0) is 16.3. The Hall–Kier alpha value is -1.14. The summed E-state index contributed by atoms with van der Waals surface area (Å²) in [5.41, 5.74) is 1.11. The van der Waals surface area contributed by atoms with Gasteiger partial charge in [-0.25, -0.2) is 9.78 Å². The summed E-state index contributed by atoms with van der Waals surface area (Å²) < 4.78 is 0. The van der Waals surface area contributed by atoms with Crippen molar-refractivity contribution in [1.82, 2.24) is 15.6 Å². The highest BCUT2D eigenvalue weighted by molar-refractivity contribution is 7.11. The number of aliphatic hydroxyl groups is 1.